The molecule has 2 heteroatoms. The van der Waals surface area contributed by atoms with Gasteiger partial charge in [-0.2, -0.15) is 0 Å². The summed E-state index contributed by atoms with van der Waals surface area (Å²) < 4.78 is 3.74. The number of rotatable bonds is 4. The summed E-state index contributed by atoms with van der Waals surface area (Å²) in [7, 11) is 0. The molecule has 4 aromatic rings. The van der Waals surface area contributed by atoms with E-state index in [1.54, 1.807) is 17.6 Å². The van der Waals surface area contributed by atoms with Crippen molar-refractivity contribution < 1.29 is 21.3 Å². The van der Waals surface area contributed by atoms with Gasteiger partial charge < -0.3 is 0 Å². The van der Waals surface area contributed by atoms with Crippen molar-refractivity contribution in [2.75, 3.05) is 0 Å². The predicted molar refractivity (Wildman–Crippen MR) is 176 cm³/mol. The fourth-order valence-corrected chi connectivity index (χ4v) is 15.3. The Bertz CT molecular complexity index is 1550. The summed E-state index contributed by atoms with van der Waals surface area (Å²) in [6.45, 7) is 14.1. The Morgan fingerprint density at radius 1 is 0.634 bits per heavy atom. The third-order valence-electron chi connectivity index (χ3n) is 8.55. The van der Waals surface area contributed by atoms with Gasteiger partial charge in [0.15, 0.2) is 0 Å². The van der Waals surface area contributed by atoms with Gasteiger partial charge in [0.05, 0.1) is 0 Å². The molecule has 208 valence electrons. The van der Waals surface area contributed by atoms with Crippen molar-refractivity contribution in [3.05, 3.63) is 152 Å². The molecule has 0 atom stereocenters. The Hall–Kier alpha value is -2.60. The van der Waals surface area contributed by atoms with Gasteiger partial charge >= 0.3 is 250 Å². The zero-order valence-electron chi connectivity index (χ0n) is 25.2. The van der Waals surface area contributed by atoms with Crippen LogP contribution in [0.3, 0.4) is 0 Å². The molecule has 2 aliphatic carbocycles. The molecule has 41 heavy (non-hydrogen) atoms. The summed E-state index contributed by atoms with van der Waals surface area (Å²) in [4.78, 5) is 0. The molecule has 0 nitrogen and oxygen atoms in total. The summed E-state index contributed by atoms with van der Waals surface area (Å²) in [5, 5.41) is 0. The minimum atomic E-state index is -2.66. The first kappa shape index (κ1) is 29.9. The third kappa shape index (κ3) is 5.74. The molecule has 0 aliphatic heterocycles. The fourth-order valence-electron chi connectivity index (χ4n) is 6.33. The normalized spacial score (nSPS) is 14.2. The maximum absolute atomic E-state index is 2.66. The van der Waals surface area contributed by atoms with Crippen LogP contribution < -0.4 is 0 Å². The predicted octanol–water partition coefficient (Wildman–Crippen LogP) is 10.5. The molecule has 0 aromatic heterocycles. The monoisotopic (exact) mass is 634 g/mol. The van der Waals surface area contributed by atoms with Crippen molar-refractivity contribution in [1.29, 1.82) is 0 Å². The Balaban J connectivity index is 0.00000337. The molecule has 0 N–H and O–H groups in total. The number of hydrogen-bond acceptors (Lipinski definition) is 0. The average molecular weight is 636 g/mol. The quantitative estimate of drug-likeness (QED) is 0.209. The molecule has 4 aromatic carbocycles. The van der Waals surface area contributed by atoms with Gasteiger partial charge in [-0.25, -0.2) is 0 Å². The van der Waals surface area contributed by atoms with Crippen LogP contribution in [0.1, 0.15) is 85.0 Å². The van der Waals surface area contributed by atoms with Gasteiger partial charge in [-0.15, -0.1) is 12.4 Å². The van der Waals surface area contributed by atoms with Crippen LogP contribution in [0, 0.1) is 0 Å². The Morgan fingerprint density at radius 2 is 1.10 bits per heavy atom. The third-order valence-corrected chi connectivity index (χ3v) is 16.9. The van der Waals surface area contributed by atoms with Crippen molar-refractivity contribution in [3.8, 4) is 11.1 Å². The first-order chi connectivity index (χ1) is 19.1. The van der Waals surface area contributed by atoms with Crippen molar-refractivity contribution in [3.63, 3.8) is 0 Å². The van der Waals surface area contributed by atoms with E-state index in [0.29, 0.717) is 3.63 Å². The molecule has 6 rings (SSSR count). The molecule has 0 unspecified atom stereocenters. The molecule has 0 fully saturated rings. The van der Waals surface area contributed by atoms with E-state index < -0.39 is 21.3 Å². The van der Waals surface area contributed by atoms with Crippen molar-refractivity contribution in [2.45, 2.75) is 62.4 Å². The molecule has 0 saturated carbocycles. The van der Waals surface area contributed by atoms with Gasteiger partial charge in [0, 0.05) is 0 Å². The topological polar surface area (TPSA) is 0 Å². The van der Waals surface area contributed by atoms with E-state index in [1.807, 2.05) is 0 Å². The summed E-state index contributed by atoms with van der Waals surface area (Å²) in [5.41, 5.74) is 11.9. The number of halogens is 1. The maximum atomic E-state index is 2.58. The van der Waals surface area contributed by atoms with Crippen LogP contribution in [0.25, 0.3) is 11.1 Å². The van der Waals surface area contributed by atoms with E-state index in [4.69, 9.17) is 0 Å². The molecular formula is C39H41ClZr. The second-order valence-electron chi connectivity index (χ2n) is 13.4. The number of allylic oxidation sites excluding steroid dienone is 4. The maximum Gasteiger partial charge on any atom is -0.147 e. The van der Waals surface area contributed by atoms with E-state index in [-0.39, 0.29) is 23.2 Å². The smallest absolute Gasteiger partial charge is 0.147 e. The molecule has 0 heterocycles. The van der Waals surface area contributed by atoms with Crippen molar-refractivity contribution in [1.82, 2.24) is 0 Å². The van der Waals surface area contributed by atoms with E-state index >= 15 is 0 Å². The second-order valence-corrected chi connectivity index (χ2v) is 19.6. The van der Waals surface area contributed by atoms with Crippen LogP contribution in [-0.4, -0.2) is 3.21 Å². The van der Waals surface area contributed by atoms with Crippen LogP contribution >= 0.6 is 12.4 Å². The van der Waals surface area contributed by atoms with E-state index in [0.717, 1.165) is 6.42 Å². The van der Waals surface area contributed by atoms with E-state index in [2.05, 4.69) is 157 Å². The SMILES string of the molecule is CC(C)(C)c1ccc2c(c1)[CH]([Zr]([C]1=CC=CC1)=[C](c1ccccc1)c1ccccc1)c1cc(C(C)(C)C)ccc1-2.Cl. The first-order valence-electron chi connectivity index (χ1n) is 14.6. The molecular weight excluding hydrogens is 595 g/mol. The first-order valence-corrected chi connectivity index (χ1v) is 18.5. The fraction of sp³-hybridized carbons (Fsp3) is 0.256. The standard InChI is InChI=1S/C21H25.C13H10.C5H5.ClH.Zr/c1-20(2,3)16-7-9-18-14(12-16)11-15-13-17(21(4,5)6)8-10-19(15)18;1-3-7-12(8-4-1)11-13-9-5-2-6-10-13;1-2-4-5-3-1;;/h7-13H,1-6H3;1-10H;1-3H,4H2;1H;. The number of benzene rings is 4. The van der Waals surface area contributed by atoms with Crippen LogP contribution in [0.4, 0.5) is 0 Å². The second kappa shape index (κ2) is 11.6. The molecule has 2 aliphatic rings. The largest absolute Gasteiger partial charge is 0.147 e. The minimum absolute atomic E-state index is 0. The zero-order chi connectivity index (χ0) is 28.1. The Morgan fingerprint density at radius 3 is 1.49 bits per heavy atom. The minimum Gasteiger partial charge on any atom is -0.147 e. The van der Waals surface area contributed by atoms with Crippen molar-refractivity contribution in [2.24, 2.45) is 0 Å². The molecule has 0 saturated heterocycles. The summed E-state index contributed by atoms with van der Waals surface area (Å²) in [6, 6.07) is 37.3. The van der Waals surface area contributed by atoms with Gasteiger partial charge in [0.25, 0.3) is 0 Å². The molecule has 0 bridgehead atoms. The Kier molecular flexibility index (Phi) is 8.44. The summed E-state index contributed by atoms with van der Waals surface area (Å²) in [6.07, 6.45) is 8.23. The van der Waals surface area contributed by atoms with Gasteiger partial charge in [0.1, 0.15) is 0 Å². The molecule has 0 spiro atoms. The number of fused-ring (bicyclic) bond motifs is 3. The van der Waals surface area contributed by atoms with E-state index in [9.17, 15) is 0 Å². The Labute approximate surface area is 260 Å². The van der Waals surface area contributed by atoms with Crippen molar-refractivity contribution >= 4 is 15.6 Å². The van der Waals surface area contributed by atoms with E-state index in [1.165, 1.54) is 33.4 Å². The van der Waals surface area contributed by atoms with Crippen LogP contribution in [-0.2, 0) is 32.1 Å². The number of hydrogen-bond donors (Lipinski definition) is 0. The van der Waals surface area contributed by atoms with Gasteiger partial charge in [-0.1, -0.05) is 0 Å². The average Bonchev–Trinajstić information content (AvgIpc) is 3.58. The van der Waals surface area contributed by atoms with Gasteiger partial charge in [-0.3, -0.25) is 0 Å². The summed E-state index contributed by atoms with van der Waals surface area (Å²) in [5.74, 6) is 0. The van der Waals surface area contributed by atoms with Crippen LogP contribution in [0.15, 0.2) is 119 Å². The molecule has 0 amide bonds. The molecule has 0 radical (unpaired) electrons. The van der Waals surface area contributed by atoms with Crippen LogP contribution in [0.5, 0.6) is 0 Å². The van der Waals surface area contributed by atoms with Gasteiger partial charge in [-0.05, 0) is 0 Å². The van der Waals surface area contributed by atoms with Crippen LogP contribution in [0.2, 0.25) is 0 Å². The summed E-state index contributed by atoms with van der Waals surface area (Å²) >= 11 is -2.66. The zero-order valence-corrected chi connectivity index (χ0v) is 28.4. The van der Waals surface area contributed by atoms with Gasteiger partial charge in [0.2, 0.25) is 0 Å².